The van der Waals surface area contributed by atoms with Crippen molar-refractivity contribution < 1.29 is 14.7 Å². The second-order valence-corrected chi connectivity index (χ2v) is 6.81. The van der Waals surface area contributed by atoms with Crippen LogP contribution in [-0.2, 0) is 10.4 Å². The largest absolute Gasteiger partial charge is 0.383 e. The standard InChI is InChI=1S/C21H24N2O3/c1-3-19(24)22-17-9-6-8-16(13-17)20(25)23-12-11-21(26,14-23)18-10-5-4-7-15(18)2/h4-10,13,26H,3,11-12,14H2,1-2H3,(H,22,24)/t21-/m0/s1. The van der Waals surface area contributed by atoms with Gasteiger partial charge in [-0.2, -0.15) is 0 Å². The van der Waals surface area contributed by atoms with E-state index in [1.807, 2.05) is 31.2 Å². The molecule has 1 saturated heterocycles. The number of hydrogen-bond acceptors (Lipinski definition) is 3. The van der Waals surface area contributed by atoms with Gasteiger partial charge in [-0.3, -0.25) is 9.59 Å². The zero-order valence-electron chi connectivity index (χ0n) is 15.2. The first kappa shape index (κ1) is 18.1. The minimum atomic E-state index is -1.02. The Balaban J connectivity index is 1.77. The maximum atomic E-state index is 12.9. The molecular formula is C21H24N2O3. The number of hydrogen-bond donors (Lipinski definition) is 2. The van der Waals surface area contributed by atoms with E-state index in [0.29, 0.717) is 30.6 Å². The average molecular weight is 352 g/mol. The van der Waals surface area contributed by atoms with E-state index < -0.39 is 5.60 Å². The van der Waals surface area contributed by atoms with Crippen molar-refractivity contribution in [3.05, 3.63) is 65.2 Å². The number of carbonyl (C=O) groups excluding carboxylic acids is 2. The fourth-order valence-electron chi connectivity index (χ4n) is 3.44. The van der Waals surface area contributed by atoms with Crippen molar-refractivity contribution in [3.8, 4) is 0 Å². The second-order valence-electron chi connectivity index (χ2n) is 6.81. The number of likely N-dealkylation sites (tertiary alicyclic amines) is 1. The van der Waals surface area contributed by atoms with Crippen molar-refractivity contribution in [2.45, 2.75) is 32.3 Å². The van der Waals surface area contributed by atoms with Crippen LogP contribution in [0, 0.1) is 6.92 Å². The first-order chi connectivity index (χ1) is 12.4. The summed E-state index contributed by atoms with van der Waals surface area (Å²) in [6.45, 7) is 4.51. The third-order valence-corrected chi connectivity index (χ3v) is 4.90. The summed E-state index contributed by atoms with van der Waals surface area (Å²) in [5, 5.41) is 13.8. The lowest BCUT2D eigenvalue weighted by Gasteiger charge is -2.25. The fourth-order valence-corrected chi connectivity index (χ4v) is 3.44. The Hall–Kier alpha value is -2.66. The molecule has 5 nitrogen and oxygen atoms in total. The van der Waals surface area contributed by atoms with E-state index >= 15 is 0 Å². The van der Waals surface area contributed by atoms with Gasteiger partial charge in [-0.1, -0.05) is 37.3 Å². The number of β-amino-alcohol motifs (C(OH)–C–C–N with tert-alkyl or cyclic N) is 1. The SMILES string of the molecule is CCC(=O)Nc1cccc(C(=O)N2CC[C@@](O)(c3ccccc3C)C2)c1. The van der Waals surface area contributed by atoms with E-state index in [4.69, 9.17) is 0 Å². The molecule has 0 radical (unpaired) electrons. The molecule has 26 heavy (non-hydrogen) atoms. The Labute approximate surface area is 153 Å². The maximum Gasteiger partial charge on any atom is 0.254 e. The maximum absolute atomic E-state index is 12.9. The monoisotopic (exact) mass is 352 g/mol. The highest BCUT2D eigenvalue weighted by molar-refractivity contribution is 5.97. The second kappa shape index (κ2) is 7.30. The molecule has 1 heterocycles. The highest BCUT2D eigenvalue weighted by Crippen LogP contribution is 2.34. The molecule has 0 bridgehead atoms. The zero-order chi connectivity index (χ0) is 18.7. The minimum Gasteiger partial charge on any atom is -0.383 e. The van der Waals surface area contributed by atoms with Gasteiger partial charge in [0.2, 0.25) is 5.91 Å². The highest BCUT2D eigenvalue weighted by Gasteiger charge is 2.40. The summed E-state index contributed by atoms with van der Waals surface area (Å²) in [5.41, 5.74) is 1.99. The molecular weight excluding hydrogens is 328 g/mol. The van der Waals surface area contributed by atoms with Crippen LogP contribution in [0.25, 0.3) is 0 Å². The number of aryl methyl sites for hydroxylation is 1. The summed E-state index contributed by atoms with van der Waals surface area (Å²) < 4.78 is 0. The van der Waals surface area contributed by atoms with Crippen LogP contribution >= 0.6 is 0 Å². The number of aliphatic hydroxyl groups is 1. The molecule has 0 saturated carbocycles. The van der Waals surface area contributed by atoms with E-state index in [1.165, 1.54) is 0 Å². The summed E-state index contributed by atoms with van der Waals surface area (Å²) in [5.74, 6) is -0.230. The zero-order valence-corrected chi connectivity index (χ0v) is 15.2. The molecule has 2 amide bonds. The summed E-state index contributed by atoms with van der Waals surface area (Å²) in [4.78, 5) is 26.1. The summed E-state index contributed by atoms with van der Waals surface area (Å²) >= 11 is 0. The van der Waals surface area contributed by atoms with E-state index in [2.05, 4.69) is 5.32 Å². The molecule has 0 aliphatic carbocycles. The number of carbonyl (C=O) groups is 2. The van der Waals surface area contributed by atoms with E-state index in [1.54, 1.807) is 36.1 Å². The third-order valence-electron chi connectivity index (χ3n) is 4.90. The molecule has 2 aromatic rings. The lowest BCUT2D eigenvalue weighted by molar-refractivity contribution is -0.115. The van der Waals surface area contributed by atoms with Crippen molar-refractivity contribution in [1.29, 1.82) is 0 Å². The van der Waals surface area contributed by atoms with E-state index in [9.17, 15) is 14.7 Å². The van der Waals surface area contributed by atoms with Crippen molar-refractivity contribution in [2.75, 3.05) is 18.4 Å². The van der Waals surface area contributed by atoms with Crippen molar-refractivity contribution in [1.82, 2.24) is 4.90 Å². The van der Waals surface area contributed by atoms with Gasteiger partial charge in [0.15, 0.2) is 0 Å². The van der Waals surface area contributed by atoms with E-state index in [0.717, 1.165) is 11.1 Å². The van der Waals surface area contributed by atoms with Crippen LogP contribution in [0.2, 0.25) is 0 Å². The first-order valence-electron chi connectivity index (χ1n) is 8.90. The topological polar surface area (TPSA) is 69.6 Å². The number of nitrogens with zero attached hydrogens (tertiary/aromatic N) is 1. The molecule has 1 aliphatic heterocycles. The molecule has 1 aliphatic rings. The number of rotatable bonds is 4. The fraction of sp³-hybridized carbons (Fsp3) is 0.333. The molecule has 1 fully saturated rings. The molecule has 1 atom stereocenters. The minimum absolute atomic E-state index is 0.0929. The number of nitrogens with one attached hydrogen (secondary N) is 1. The smallest absolute Gasteiger partial charge is 0.254 e. The Kier molecular flexibility index (Phi) is 5.09. The molecule has 0 spiro atoms. The summed E-state index contributed by atoms with van der Waals surface area (Å²) in [7, 11) is 0. The van der Waals surface area contributed by atoms with Crippen LogP contribution in [-0.4, -0.2) is 34.9 Å². The van der Waals surface area contributed by atoms with E-state index in [-0.39, 0.29) is 18.4 Å². The van der Waals surface area contributed by atoms with Crippen LogP contribution in [0.1, 0.15) is 41.3 Å². The van der Waals surface area contributed by atoms with Gasteiger partial charge in [-0.25, -0.2) is 0 Å². The van der Waals surface area contributed by atoms with Gasteiger partial charge in [-0.15, -0.1) is 0 Å². The lowest BCUT2D eigenvalue weighted by Crippen LogP contribution is -2.34. The Morgan fingerprint density at radius 2 is 1.96 bits per heavy atom. The van der Waals surface area contributed by atoms with Crippen LogP contribution < -0.4 is 5.32 Å². The summed E-state index contributed by atoms with van der Waals surface area (Å²) in [6.07, 6.45) is 0.892. The van der Waals surface area contributed by atoms with Crippen LogP contribution in [0.5, 0.6) is 0 Å². The van der Waals surface area contributed by atoms with Gasteiger partial charge >= 0.3 is 0 Å². The molecule has 2 N–H and O–H groups in total. The van der Waals surface area contributed by atoms with Gasteiger partial charge in [0.05, 0.1) is 6.54 Å². The lowest BCUT2D eigenvalue weighted by atomic mass is 9.89. The van der Waals surface area contributed by atoms with Gasteiger partial charge in [-0.05, 0) is 42.7 Å². The Bertz CT molecular complexity index is 834. The van der Waals surface area contributed by atoms with Crippen molar-refractivity contribution >= 4 is 17.5 Å². The van der Waals surface area contributed by atoms with Crippen LogP contribution in [0.3, 0.4) is 0 Å². The molecule has 0 aromatic heterocycles. The Morgan fingerprint density at radius 1 is 1.19 bits per heavy atom. The van der Waals surface area contributed by atoms with Gasteiger partial charge < -0.3 is 15.3 Å². The van der Waals surface area contributed by atoms with Gasteiger partial charge in [0.25, 0.3) is 5.91 Å². The molecule has 2 aromatic carbocycles. The van der Waals surface area contributed by atoms with Crippen molar-refractivity contribution in [2.24, 2.45) is 0 Å². The summed E-state index contributed by atoms with van der Waals surface area (Å²) in [6, 6.07) is 14.7. The molecule has 0 unspecified atom stereocenters. The molecule has 5 heteroatoms. The average Bonchev–Trinajstić information content (AvgIpc) is 3.04. The highest BCUT2D eigenvalue weighted by atomic mass is 16.3. The van der Waals surface area contributed by atoms with Crippen LogP contribution in [0.4, 0.5) is 5.69 Å². The Morgan fingerprint density at radius 3 is 2.69 bits per heavy atom. The number of anilines is 1. The molecule has 136 valence electrons. The predicted octanol–water partition coefficient (Wildman–Crippen LogP) is 3.08. The molecule has 3 rings (SSSR count). The van der Waals surface area contributed by atoms with Crippen LogP contribution in [0.15, 0.2) is 48.5 Å². The first-order valence-corrected chi connectivity index (χ1v) is 8.90. The van der Waals surface area contributed by atoms with Crippen molar-refractivity contribution in [3.63, 3.8) is 0 Å². The van der Waals surface area contributed by atoms with Gasteiger partial charge in [0, 0.05) is 24.2 Å². The predicted molar refractivity (Wildman–Crippen MR) is 101 cm³/mol. The quantitative estimate of drug-likeness (QED) is 0.888. The normalized spacial score (nSPS) is 19.4. The number of amides is 2. The van der Waals surface area contributed by atoms with Gasteiger partial charge in [0.1, 0.15) is 5.60 Å². The number of benzene rings is 2. The third kappa shape index (κ3) is 3.63.